The molecule has 4 rings (SSSR count). The zero-order chi connectivity index (χ0) is 21.5. The monoisotopic (exact) mass is 420 g/mol. The molecule has 1 amide bonds. The van der Waals surface area contributed by atoms with E-state index in [-0.39, 0.29) is 5.91 Å². The van der Waals surface area contributed by atoms with Gasteiger partial charge in [-0.2, -0.15) is 0 Å². The molecule has 1 heterocycles. The van der Waals surface area contributed by atoms with Gasteiger partial charge in [-0.1, -0.05) is 42.5 Å². The predicted octanol–water partition coefficient (Wildman–Crippen LogP) is 3.46. The van der Waals surface area contributed by atoms with Crippen LogP contribution in [-0.4, -0.2) is 37.0 Å². The van der Waals surface area contributed by atoms with Crippen LogP contribution in [-0.2, 0) is 24.4 Å². The fourth-order valence-electron chi connectivity index (χ4n) is 3.72. The van der Waals surface area contributed by atoms with E-state index in [0.29, 0.717) is 26.1 Å². The van der Waals surface area contributed by atoms with Crippen LogP contribution in [0.25, 0.3) is 0 Å². The summed E-state index contributed by atoms with van der Waals surface area (Å²) in [5.41, 5.74) is 3.48. The molecule has 2 aliphatic rings. The van der Waals surface area contributed by atoms with E-state index in [1.165, 1.54) is 24.0 Å². The number of ether oxygens (including phenoxy) is 1. The Morgan fingerprint density at radius 2 is 1.81 bits per heavy atom. The summed E-state index contributed by atoms with van der Waals surface area (Å²) < 4.78 is 6.00. The van der Waals surface area contributed by atoms with E-state index in [2.05, 4.69) is 46.0 Å². The second-order valence-electron chi connectivity index (χ2n) is 8.38. The minimum Gasteiger partial charge on any atom is -0.493 e. The Balaban J connectivity index is 1.24. The van der Waals surface area contributed by atoms with Gasteiger partial charge < -0.3 is 20.3 Å². The lowest BCUT2D eigenvalue weighted by atomic mass is 10.1. The second kappa shape index (κ2) is 10.3. The normalized spacial score (nSPS) is 16.5. The number of carbonyl (C=O) groups excluding carboxylic acids is 1. The van der Waals surface area contributed by atoms with Crippen LogP contribution in [0, 0.1) is 5.92 Å². The summed E-state index contributed by atoms with van der Waals surface area (Å²) in [6.45, 7) is 3.73. The number of likely N-dealkylation sites (tertiary alicyclic amines) is 1. The number of para-hydroxylation sites is 1. The summed E-state index contributed by atoms with van der Waals surface area (Å²) in [5, 5.41) is 6.75. The van der Waals surface area contributed by atoms with Gasteiger partial charge in [0.15, 0.2) is 5.96 Å². The summed E-state index contributed by atoms with van der Waals surface area (Å²) in [6.07, 6.45) is 4.23. The molecule has 0 bridgehead atoms. The largest absolute Gasteiger partial charge is 0.493 e. The number of hydrogen-bond acceptors (Lipinski definition) is 3. The van der Waals surface area contributed by atoms with Crippen LogP contribution in [0.4, 0.5) is 0 Å². The van der Waals surface area contributed by atoms with Gasteiger partial charge in [0.2, 0.25) is 5.91 Å². The molecule has 0 spiro atoms. The number of nitrogens with one attached hydrogen (secondary N) is 2. The molecule has 31 heavy (non-hydrogen) atoms. The maximum atomic E-state index is 11.8. The molecule has 1 aliphatic carbocycles. The lowest BCUT2D eigenvalue weighted by Crippen LogP contribution is -2.36. The number of guanidine groups is 1. The van der Waals surface area contributed by atoms with Crippen LogP contribution in [0.2, 0.25) is 0 Å². The first kappa shape index (κ1) is 21.2. The van der Waals surface area contributed by atoms with Crippen LogP contribution in [0.5, 0.6) is 5.75 Å². The third kappa shape index (κ3) is 6.23. The van der Waals surface area contributed by atoms with Crippen molar-refractivity contribution in [1.29, 1.82) is 0 Å². The maximum absolute atomic E-state index is 11.8. The third-order valence-electron chi connectivity index (χ3n) is 5.84. The average Bonchev–Trinajstić information content (AvgIpc) is 3.55. The number of nitrogens with zero attached hydrogens (tertiary/aromatic N) is 2. The van der Waals surface area contributed by atoms with Gasteiger partial charge in [-0.15, -0.1) is 0 Å². The van der Waals surface area contributed by atoms with Crippen molar-refractivity contribution < 1.29 is 9.53 Å². The molecular formula is C25H32N4O2. The van der Waals surface area contributed by atoms with Gasteiger partial charge in [-0.3, -0.25) is 9.79 Å². The number of benzene rings is 2. The number of hydrogen-bond donors (Lipinski definition) is 2. The quantitative estimate of drug-likeness (QED) is 0.482. The first-order chi connectivity index (χ1) is 15.2. The van der Waals surface area contributed by atoms with E-state index in [0.717, 1.165) is 42.8 Å². The first-order valence-corrected chi connectivity index (χ1v) is 11.2. The molecule has 0 aromatic heterocycles. The van der Waals surface area contributed by atoms with Crippen LogP contribution in [0.1, 0.15) is 42.4 Å². The molecule has 2 N–H and O–H groups in total. The molecule has 164 valence electrons. The van der Waals surface area contributed by atoms with Gasteiger partial charge in [-0.05, 0) is 42.4 Å². The second-order valence-corrected chi connectivity index (χ2v) is 8.38. The minimum absolute atomic E-state index is 0.264. The Morgan fingerprint density at radius 1 is 1.06 bits per heavy atom. The van der Waals surface area contributed by atoms with Crippen LogP contribution in [0.15, 0.2) is 53.5 Å². The predicted molar refractivity (Wildman–Crippen MR) is 123 cm³/mol. The molecule has 2 aromatic carbocycles. The van der Waals surface area contributed by atoms with Crippen LogP contribution < -0.4 is 15.4 Å². The smallest absolute Gasteiger partial charge is 0.222 e. The fourth-order valence-corrected chi connectivity index (χ4v) is 3.72. The minimum atomic E-state index is 0.264. The summed E-state index contributed by atoms with van der Waals surface area (Å²) in [6, 6.07) is 16.6. The van der Waals surface area contributed by atoms with E-state index in [1.54, 1.807) is 7.05 Å². The SMILES string of the molecule is CN=C(NCc1ccc(CN2CCCC2=O)cc1)NCc1ccccc1OCC1CC1. The topological polar surface area (TPSA) is 66.0 Å². The lowest BCUT2D eigenvalue weighted by Gasteiger charge is -2.16. The number of aliphatic imine (C=N–C) groups is 1. The highest BCUT2D eigenvalue weighted by Crippen LogP contribution is 2.30. The van der Waals surface area contributed by atoms with Gasteiger partial charge in [0.25, 0.3) is 0 Å². The van der Waals surface area contributed by atoms with Crippen molar-refractivity contribution in [3.8, 4) is 5.75 Å². The Hall–Kier alpha value is -3.02. The van der Waals surface area contributed by atoms with E-state index in [4.69, 9.17) is 4.74 Å². The molecule has 0 atom stereocenters. The molecule has 0 unspecified atom stereocenters. The highest BCUT2D eigenvalue weighted by atomic mass is 16.5. The van der Waals surface area contributed by atoms with Crippen molar-refractivity contribution in [2.45, 2.75) is 45.3 Å². The molecule has 0 radical (unpaired) electrons. The summed E-state index contributed by atoms with van der Waals surface area (Å²) in [4.78, 5) is 18.1. The molecular weight excluding hydrogens is 388 g/mol. The van der Waals surface area contributed by atoms with Crippen molar-refractivity contribution >= 4 is 11.9 Å². The van der Waals surface area contributed by atoms with Crippen molar-refractivity contribution in [1.82, 2.24) is 15.5 Å². The Bertz CT molecular complexity index is 906. The van der Waals surface area contributed by atoms with Crippen LogP contribution in [0.3, 0.4) is 0 Å². The Labute approximate surface area is 184 Å². The van der Waals surface area contributed by atoms with Gasteiger partial charge in [0, 0.05) is 45.2 Å². The van der Waals surface area contributed by atoms with Crippen molar-refractivity contribution in [2.24, 2.45) is 10.9 Å². The molecule has 6 nitrogen and oxygen atoms in total. The Morgan fingerprint density at radius 3 is 2.52 bits per heavy atom. The molecule has 1 aliphatic heterocycles. The zero-order valence-electron chi connectivity index (χ0n) is 18.3. The van der Waals surface area contributed by atoms with Crippen molar-refractivity contribution in [3.63, 3.8) is 0 Å². The van der Waals surface area contributed by atoms with E-state index < -0.39 is 0 Å². The summed E-state index contributed by atoms with van der Waals surface area (Å²) in [7, 11) is 1.78. The Kier molecular flexibility index (Phi) is 7.07. The molecule has 2 fully saturated rings. The van der Waals surface area contributed by atoms with Gasteiger partial charge >= 0.3 is 0 Å². The molecule has 6 heteroatoms. The van der Waals surface area contributed by atoms with E-state index >= 15 is 0 Å². The average molecular weight is 421 g/mol. The van der Waals surface area contributed by atoms with Gasteiger partial charge in [0.1, 0.15) is 5.75 Å². The fraction of sp³-hybridized carbons (Fsp3) is 0.440. The number of rotatable bonds is 9. The van der Waals surface area contributed by atoms with Crippen molar-refractivity contribution in [2.75, 3.05) is 20.2 Å². The lowest BCUT2D eigenvalue weighted by molar-refractivity contribution is -0.128. The maximum Gasteiger partial charge on any atom is 0.222 e. The standard InChI is InChI=1S/C25H32N4O2/c1-26-25(28-16-22-5-2-3-6-23(22)31-18-21-12-13-21)27-15-19-8-10-20(11-9-19)17-29-14-4-7-24(29)30/h2-3,5-6,8-11,21H,4,7,12-18H2,1H3,(H2,26,27,28). The number of amides is 1. The highest BCUT2D eigenvalue weighted by Gasteiger charge is 2.22. The first-order valence-electron chi connectivity index (χ1n) is 11.2. The third-order valence-corrected chi connectivity index (χ3v) is 5.84. The summed E-state index contributed by atoms with van der Waals surface area (Å²) >= 11 is 0. The molecule has 1 saturated heterocycles. The number of carbonyl (C=O) groups is 1. The van der Waals surface area contributed by atoms with Crippen LogP contribution >= 0.6 is 0 Å². The molecule has 2 aromatic rings. The highest BCUT2D eigenvalue weighted by molar-refractivity contribution is 5.79. The molecule has 1 saturated carbocycles. The van der Waals surface area contributed by atoms with Crippen molar-refractivity contribution in [3.05, 3.63) is 65.2 Å². The summed E-state index contributed by atoms with van der Waals surface area (Å²) in [5.74, 6) is 2.70. The van der Waals surface area contributed by atoms with Gasteiger partial charge in [0.05, 0.1) is 6.61 Å². The van der Waals surface area contributed by atoms with E-state index in [1.807, 2.05) is 23.1 Å². The van der Waals surface area contributed by atoms with Gasteiger partial charge in [-0.25, -0.2) is 0 Å². The zero-order valence-corrected chi connectivity index (χ0v) is 18.3. The van der Waals surface area contributed by atoms with E-state index in [9.17, 15) is 4.79 Å².